The van der Waals surface area contributed by atoms with Crippen LogP contribution in [0, 0.1) is 0 Å². The molecule has 0 spiro atoms. The van der Waals surface area contributed by atoms with Crippen molar-refractivity contribution in [2.45, 2.75) is 0 Å². The maximum absolute atomic E-state index is 12.4. The number of nitrogens with zero attached hydrogens (tertiary/aromatic N) is 2. The summed E-state index contributed by atoms with van der Waals surface area (Å²) in [4.78, 5) is 36.9. The molecule has 0 atom stereocenters. The van der Waals surface area contributed by atoms with Crippen molar-refractivity contribution in [3.63, 3.8) is 0 Å². The normalized spacial score (nSPS) is 15.9. The van der Waals surface area contributed by atoms with E-state index in [4.69, 9.17) is 0 Å². The summed E-state index contributed by atoms with van der Waals surface area (Å²) in [5.74, 6) is -1.14. The Balaban J connectivity index is 1.90. The fourth-order valence-electron chi connectivity index (χ4n) is 2.34. The number of esters is 1. The van der Waals surface area contributed by atoms with E-state index in [-0.39, 0.29) is 11.4 Å². The van der Waals surface area contributed by atoms with Gasteiger partial charge in [0.2, 0.25) is 0 Å². The number of halogens is 1. The summed E-state index contributed by atoms with van der Waals surface area (Å²) in [6.45, 7) is -0.384. The summed E-state index contributed by atoms with van der Waals surface area (Å²) in [5.41, 5.74) is 1.67. The van der Waals surface area contributed by atoms with E-state index >= 15 is 0 Å². The smallest absolute Gasteiger partial charge is 0.325 e. The van der Waals surface area contributed by atoms with Gasteiger partial charge in [0.25, 0.3) is 11.1 Å². The Hall–Kier alpha value is -2.32. The van der Waals surface area contributed by atoms with Crippen LogP contribution < -0.4 is 0 Å². The van der Waals surface area contributed by atoms with E-state index in [9.17, 15) is 14.4 Å². The number of methoxy groups -OCH3 is 1. The largest absolute Gasteiger partial charge is 0.468 e. The summed E-state index contributed by atoms with van der Waals surface area (Å²) in [5, 5.41) is -0.484. The van der Waals surface area contributed by atoms with Crippen molar-refractivity contribution >= 4 is 50.9 Å². The van der Waals surface area contributed by atoms with Crippen molar-refractivity contribution in [3.8, 4) is 5.69 Å². The van der Waals surface area contributed by atoms with Crippen molar-refractivity contribution in [1.29, 1.82) is 0 Å². The zero-order chi connectivity index (χ0) is 18.0. The summed E-state index contributed by atoms with van der Waals surface area (Å²) >= 11 is 4.24. The number of carbonyl (C=O) groups is 3. The van der Waals surface area contributed by atoms with Crippen molar-refractivity contribution in [2.75, 3.05) is 13.7 Å². The van der Waals surface area contributed by atoms with Gasteiger partial charge in [-0.05, 0) is 48.2 Å². The van der Waals surface area contributed by atoms with E-state index in [0.29, 0.717) is 0 Å². The van der Waals surface area contributed by atoms with Crippen LogP contribution in [0.15, 0.2) is 52.0 Å². The molecule has 0 radical (unpaired) electrons. The first-order valence-corrected chi connectivity index (χ1v) is 8.86. The Morgan fingerprint density at radius 2 is 2.08 bits per heavy atom. The Kier molecular flexibility index (Phi) is 5.10. The monoisotopic (exact) mass is 420 g/mol. The highest BCUT2D eigenvalue weighted by Gasteiger charge is 2.36. The van der Waals surface area contributed by atoms with Crippen LogP contribution in [0.1, 0.15) is 5.69 Å². The quantitative estimate of drug-likeness (QED) is 0.559. The molecule has 3 rings (SSSR count). The maximum atomic E-state index is 12.4. The molecule has 1 fully saturated rings. The van der Waals surface area contributed by atoms with Crippen molar-refractivity contribution in [1.82, 2.24) is 9.47 Å². The third kappa shape index (κ3) is 3.69. The number of hydrogen-bond acceptors (Lipinski definition) is 5. The molecule has 0 N–H and O–H groups in total. The van der Waals surface area contributed by atoms with Gasteiger partial charge in [-0.25, -0.2) is 0 Å². The third-order valence-electron chi connectivity index (χ3n) is 3.53. The minimum Gasteiger partial charge on any atom is -0.468 e. The third-order valence-corrected chi connectivity index (χ3v) is 4.93. The van der Waals surface area contributed by atoms with Crippen LogP contribution in [-0.4, -0.2) is 40.2 Å². The molecular formula is C17H13BrN2O4S. The number of benzene rings is 1. The molecule has 25 heavy (non-hydrogen) atoms. The van der Waals surface area contributed by atoms with Crippen LogP contribution in [0.5, 0.6) is 0 Å². The first-order chi connectivity index (χ1) is 12.0. The van der Waals surface area contributed by atoms with Crippen LogP contribution in [-0.2, 0) is 14.3 Å². The number of amides is 2. The number of hydrogen-bond donors (Lipinski definition) is 0. The molecule has 2 heterocycles. The molecular weight excluding hydrogens is 408 g/mol. The molecule has 1 aromatic heterocycles. The second-order valence-electron chi connectivity index (χ2n) is 5.13. The van der Waals surface area contributed by atoms with Gasteiger partial charge in [0, 0.05) is 22.1 Å². The zero-order valence-corrected chi connectivity index (χ0v) is 15.5. The molecule has 8 heteroatoms. The van der Waals surface area contributed by atoms with Gasteiger partial charge in [-0.2, -0.15) is 0 Å². The van der Waals surface area contributed by atoms with Crippen LogP contribution in [0.25, 0.3) is 11.8 Å². The highest BCUT2D eigenvalue weighted by molar-refractivity contribution is 9.10. The topological polar surface area (TPSA) is 68.6 Å². The first-order valence-electron chi connectivity index (χ1n) is 7.25. The average molecular weight is 421 g/mol. The lowest BCUT2D eigenvalue weighted by atomic mass is 10.3. The van der Waals surface area contributed by atoms with Gasteiger partial charge < -0.3 is 9.30 Å². The number of rotatable bonds is 4. The molecule has 0 aliphatic carbocycles. The summed E-state index contributed by atoms with van der Waals surface area (Å²) in [6, 6.07) is 11.4. The number of thioether (sulfide) groups is 1. The molecule has 2 aromatic rings. The van der Waals surface area contributed by atoms with Crippen LogP contribution in [0.3, 0.4) is 0 Å². The molecule has 128 valence electrons. The Labute approximate surface area is 156 Å². The molecule has 0 saturated carbocycles. The SMILES string of the molecule is COC(=O)CN1C(=O)S/C(=C\c2cccn2-c2cccc(Br)c2)C1=O. The lowest BCUT2D eigenvalue weighted by molar-refractivity contribution is -0.143. The number of aromatic nitrogens is 1. The predicted octanol–water partition coefficient (Wildman–Crippen LogP) is 3.45. The highest BCUT2D eigenvalue weighted by Crippen LogP contribution is 2.32. The van der Waals surface area contributed by atoms with E-state index < -0.39 is 17.1 Å². The van der Waals surface area contributed by atoms with Crippen molar-refractivity contribution in [3.05, 3.63) is 57.7 Å². The van der Waals surface area contributed by atoms with Gasteiger partial charge in [-0.3, -0.25) is 19.3 Å². The minimum absolute atomic E-state index is 0.267. The second kappa shape index (κ2) is 7.28. The number of ether oxygens (including phenoxy) is 1. The fourth-order valence-corrected chi connectivity index (χ4v) is 3.55. The van der Waals surface area contributed by atoms with Gasteiger partial charge >= 0.3 is 5.97 Å². The molecule has 0 bridgehead atoms. The summed E-state index contributed by atoms with van der Waals surface area (Å²) in [6.07, 6.45) is 3.51. The fraction of sp³-hybridized carbons (Fsp3) is 0.118. The number of carbonyl (C=O) groups excluding carboxylic acids is 3. The molecule has 0 unspecified atom stereocenters. The van der Waals surface area contributed by atoms with Crippen molar-refractivity contribution in [2.24, 2.45) is 0 Å². The van der Waals surface area contributed by atoms with E-state index in [1.165, 1.54) is 7.11 Å². The molecule has 1 aliphatic rings. The Morgan fingerprint density at radius 3 is 2.80 bits per heavy atom. The predicted molar refractivity (Wildman–Crippen MR) is 98.2 cm³/mol. The molecule has 2 amide bonds. The maximum Gasteiger partial charge on any atom is 0.325 e. The van der Waals surface area contributed by atoms with Crippen LogP contribution >= 0.6 is 27.7 Å². The van der Waals surface area contributed by atoms with Crippen LogP contribution in [0.2, 0.25) is 0 Å². The second-order valence-corrected chi connectivity index (χ2v) is 7.04. The zero-order valence-electron chi connectivity index (χ0n) is 13.1. The minimum atomic E-state index is -0.638. The number of imide groups is 1. The molecule has 1 aromatic carbocycles. The lowest BCUT2D eigenvalue weighted by Crippen LogP contribution is -2.34. The van der Waals surface area contributed by atoms with Gasteiger partial charge in [0.15, 0.2) is 0 Å². The summed E-state index contributed by atoms with van der Waals surface area (Å²) < 4.78 is 7.35. The van der Waals surface area contributed by atoms with Crippen LogP contribution in [0.4, 0.5) is 4.79 Å². The molecule has 1 aliphatic heterocycles. The van der Waals surface area contributed by atoms with Gasteiger partial charge in [-0.15, -0.1) is 0 Å². The highest BCUT2D eigenvalue weighted by atomic mass is 79.9. The molecule has 6 nitrogen and oxygen atoms in total. The standard InChI is InChI=1S/C17H13BrN2O4S/c1-24-15(21)10-20-16(22)14(25-17(20)23)9-13-6-3-7-19(13)12-5-2-4-11(18)8-12/h2-9H,10H2,1H3/b14-9-. The lowest BCUT2D eigenvalue weighted by Gasteiger charge is -2.10. The van der Waals surface area contributed by atoms with E-state index in [0.717, 1.165) is 32.5 Å². The van der Waals surface area contributed by atoms with Gasteiger partial charge in [0.05, 0.1) is 12.0 Å². The Bertz CT molecular complexity index is 890. The Morgan fingerprint density at radius 1 is 1.28 bits per heavy atom. The first kappa shape index (κ1) is 17.5. The van der Waals surface area contributed by atoms with E-state index in [2.05, 4.69) is 20.7 Å². The van der Waals surface area contributed by atoms with E-state index in [1.54, 1.807) is 6.08 Å². The van der Waals surface area contributed by atoms with Crippen molar-refractivity contribution < 1.29 is 19.1 Å². The summed E-state index contributed by atoms with van der Waals surface area (Å²) in [7, 11) is 1.21. The average Bonchev–Trinajstić information content (AvgIpc) is 3.15. The van der Waals surface area contributed by atoms with Gasteiger partial charge in [-0.1, -0.05) is 22.0 Å². The van der Waals surface area contributed by atoms with E-state index in [1.807, 2.05) is 47.2 Å². The molecule has 1 saturated heterocycles. The van der Waals surface area contributed by atoms with Gasteiger partial charge in [0.1, 0.15) is 6.54 Å².